The molecule has 108 valence electrons. The Balaban J connectivity index is 2.51. The van der Waals surface area contributed by atoms with Gasteiger partial charge in [0.2, 0.25) is 5.88 Å². The number of rotatable bonds is 9. The van der Waals surface area contributed by atoms with Crippen LogP contribution >= 0.6 is 11.6 Å². The van der Waals surface area contributed by atoms with Gasteiger partial charge in [-0.25, -0.2) is 0 Å². The summed E-state index contributed by atoms with van der Waals surface area (Å²) in [5, 5.41) is 3.32. The molecule has 0 aliphatic carbocycles. The fraction of sp³-hybridized carbons (Fsp3) is 0.714. The first-order valence-electron chi connectivity index (χ1n) is 6.94. The van der Waals surface area contributed by atoms with Crippen LogP contribution in [-0.4, -0.2) is 28.5 Å². The lowest BCUT2D eigenvalue weighted by molar-refractivity contribution is 0.232. The van der Waals surface area contributed by atoms with Crippen molar-refractivity contribution in [2.75, 3.05) is 17.7 Å². The third kappa shape index (κ3) is 6.62. The Bertz CT molecular complexity index is 354. The van der Waals surface area contributed by atoms with Gasteiger partial charge in [0.05, 0.1) is 18.5 Å². The maximum atomic E-state index is 5.82. The molecule has 0 aliphatic rings. The zero-order valence-corrected chi connectivity index (χ0v) is 12.8. The summed E-state index contributed by atoms with van der Waals surface area (Å²) >= 11 is 5.82. The Morgan fingerprint density at radius 1 is 1.32 bits per heavy atom. The Morgan fingerprint density at radius 3 is 2.74 bits per heavy atom. The van der Waals surface area contributed by atoms with E-state index in [1.807, 2.05) is 13.8 Å². The predicted octanol–water partition coefficient (Wildman–Crippen LogP) is 3.72. The molecule has 19 heavy (non-hydrogen) atoms. The summed E-state index contributed by atoms with van der Waals surface area (Å²) in [6.45, 7) is 7.01. The van der Waals surface area contributed by atoms with Crippen LogP contribution in [0, 0.1) is 5.92 Å². The van der Waals surface area contributed by atoms with Crippen molar-refractivity contribution < 1.29 is 4.74 Å². The van der Waals surface area contributed by atoms with Crippen LogP contribution in [0.5, 0.6) is 5.88 Å². The van der Waals surface area contributed by atoms with Crippen LogP contribution in [-0.2, 0) is 0 Å². The molecule has 0 bridgehead atoms. The molecule has 0 amide bonds. The second kappa shape index (κ2) is 8.97. The molecule has 0 fully saturated rings. The molecule has 0 saturated heterocycles. The monoisotopic (exact) mass is 285 g/mol. The lowest BCUT2D eigenvalue weighted by Crippen LogP contribution is -2.16. The lowest BCUT2D eigenvalue weighted by atomic mass is 10.0. The molecular formula is C14H24ClN3O. The highest BCUT2D eigenvalue weighted by Crippen LogP contribution is 2.15. The molecule has 1 unspecified atom stereocenters. The van der Waals surface area contributed by atoms with Crippen molar-refractivity contribution in [3.63, 3.8) is 0 Å². The third-order valence-corrected chi connectivity index (χ3v) is 2.97. The van der Waals surface area contributed by atoms with Crippen molar-refractivity contribution >= 4 is 17.4 Å². The van der Waals surface area contributed by atoms with Gasteiger partial charge in [0.15, 0.2) is 0 Å². The van der Waals surface area contributed by atoms with Crippen LogP contribution in [0.3, 0.4) is 0 Å². The minimum absolute atomic E-state index is 0.105. The first-order chi connectivity index (χ1) is 9.15. The van der Waals surface area contributed by atoms with Crippen LogP contribution in [0.1, 0.15) is 40.0 Å². The second-order valence-corrected chi connectivity index (χ2v) is 5.30. The quantitative estimate of drug-likeness (QED) is 0.703. The zero-order chi connectivity index (χ0) is 14.1. The number of halogens is 1. The van der Waals surface area contributed by atoms with Gasteiger partial charge < -0.3 is 10.1 Å². The molecule has 0 radical (unpaired) electrons. The number of alkyl halides is 1. The van der Waals surface area contributed by atoms with E-state index >= 15 is 0 Å². The normalized spacial score (nSPS) is 12.5. The van der Waals surface area contributed by atoms with Crippen molar-refractivity contribution in [3.05, 3.63) is 12.4 Å². The SMILES string of the molecule is CCCC(CCCl)CNc1cncc(OC(C)C)n1. The molecule has 5 heteroatoms. The van der Waals surface area contributed by atoms with E-state index in [0.29, 0.717) is 17.7 Å². The summed E-state index contributed by atoms with van der Waals surface area (Å²) in [5.41, 5.74) is 0. The van der Waals surface area contributed by atoms with Crippen molar-refractivity contribution in [2.24, 2.45) is 5.92 Å². The molecular weight excluding hydrogens is 262 g/mol. The summed E-state index contributed by atoms with van der Waals surface area (Å²) in [6.07, 6.45) is 6.83. The zero-order valence-electron chi connectivity index (χ0n) is 12.0. The maximum Gasteiger partial charge on any atom is 0.234 e. The van der Waals surface area contributed by atoms with Crippen molar-refractivity contribution in [1.82, 2.24) is 9.97 Å². The molecule has 4 nitrogen and oxygen atoms in total. The molecule has 1 aromatic heterocycles. The van der Waals surface area contributed by atoms with Gasteiger partial charge in [-0.3, -0.25) is 4.98 Å². The number of nitrogens with zero attached hydrogens (tertiary/aromatic N) is 2. The standard InChI is InChI=1S/C14H24ClN3O/c1-4-5-12(6-7-15)8-17-13-9-16-10-14(18-13)19-11(2)3/h9-12H,4-8H2,1-3H3,(H,17,18). The summed E-state index contributed by atoms with van der Waals surface area (Å²) in [6, 6.07) is 0. The molecule has 0 spiro atoms. The lowest BCUT2D eigenvalue weighted by Gasteiger charge is -2.16. The van der Waals surface area contributed by atoms with E-state index in [4.69, 9.17) is 16.3 Å². The maximum absolute atomic E-state index is 5.82. The second-order valence-electron chi connectivity index (χ2n) is 4.92. The minimum atomic E-state index is 0.105. The van der Waals surface area contributed by atoms with Gasteiger partial charge >= 0.3 is 0 Å². The van der Waals surface area contributed by atoms with Gasteiger partial charge in [0.25, 0.3) is 0 Å². The molecule has 1 N–H and O–H groups in total. The van der Waals surface area contributed by atoms with E-state index in [1.54, 1.807) is 12.4 Å². The topological polar surface area (TPSA) is 47.0 Å². The summed E-state index contributed by atoms with van der Waals surface area (Å²) < 4.78 is 5.52. The Morgan fingerprint density at radius 2 is 2.11 bits per heavy atom. The van der Waals surface area contributed by atoms with Gasteiger partial charge in [0, 0.05) is 12.4 Å². The molecule has 0 aromatic carbocycles. The number of aromatic nitrogens is 2. The first-order valence-corrected chi connectivity index (χ1v) is 7.47. The fourth-order valence-corrected chi connectivity index (χ4v) is 2.20. The average molecular weight is 286 g/mol. The first kappa shape index (κ1) is 16.0. The Kier molecular flexibility index (Phi) is 7.56. The van der Waals surface area contributed by atoms with E-state index < -0.39 is 0 Å². The fourth-order valence-electron chi connectivity index (χ4n) is 1.89. The van der Waals surface area contributed by atoms with Crippen LogP contribution in [0.15, 0.2) is 12.4 Å². The van der Waals surface area contributed by atoms with Gasteiger partial charge in [0.1, 0.15) is 5.82 Å². The molecule has 0 saturated carbocycles. The Hall–Kier alpha value is -1.03. The predicted molar refractivity (Wildman–Crippen MR) is 80.0 cm³/mol. The van der Waals surface area contributed by atoms with E-state index in [9.17, 15) is 0 Å². The molecule has 1 aromatic rings. The summed E-state index contributed by atoms with van der Waals surface area (Å²) in [7, 11) is 0. The minimum Gasteiger partial charge on any atom is -0.474 e. The van der Waals surface area contributed by atoms with Crippen LogP contribution < -0.4 is 10.1 Å². The highest BCUT2D eigenvalue weighted by Gasteiger charge is 2.08. The molecule has 1 atom stereocenters. The van der Waals surface area contributed by atoms with Gasteiger partial charge in [-0.05, 0) is 32.6 Å². The molecule has 0 aliphatic heterocycles. The van der Waals surface area contributed by atoms with Gasteiger partial charge in [-0.1, -0.05) is 13.3 Å². The van der Waals surface area contributed by atoms with E-state index in [2.05, 4.69) is 22.2 Å². The highest BCUT2D eigenvalue weighted by molar-refractivity contribution is 6.17. The Labute approximate surface area is 120 Å². The van der Waals surface area contributed by atoms with Crippen LogP contribution in [0.2, 0.25) is 0 Å². The van der Waals surface area contributed by atoms with Gasteiger partial charge in [-0.2, -0.15) is 4.98 Å². The third-order valence-electron chi connectivity index (χ3n) is 2.76. The number of nitrogens with one attached hydrogen (secondary N) is 1. The number of hydrogen-bond acceptors (Lipinski definition) is 4. The smallest absolute Gasteiger partial charge is 0.234 e. The van der Waals surface area contributed by atoms with Crippen LogP contribution in [0.25, 0.3) is 0 Å². The number of ether oxygens (including phenoxy) is 1. The van der Waals surface area contributed by atoms with E-state index in [1.165, 1.54) is 12.8 Å². The van der Waals surface area contributed by atoms with Crippen LogP contribution in [0.4, 0.5) is 5.82 Å². The highest BCUT2D eigenvalue weighted by atomic mass is 35.5. The largest absolute Gasteiger partial charge is 0.474 e. The van der Waals surface area contributed by atoms with Crippen molar-refractivity contribution in [2.45, 2.75) is 46.1 Å². The molecule has 1 heterocycles. The number of anilines is 1. The summed E-state index contributed by atoms with van der Waals surface area (Å²) in [5.74, 6) is 2.60. The molecule has 1 rings (SSSR count). The number of hydrogen-bond donors (Lipinski definition) is 1. The van der Waals surface area contributed by atoms with E-state index in [-0.39, 0.29) is 6.10 Å². The summed E-state index contributed by atoms with van der Waals surface area (Å²) in [4.78, 5) is 8.51. The van der Waals surface area contributed by atoms with E-state index in [0.717, 1.165) is 18.8 Å². The van der Waals surface area contributed by atoms with Gasteiger partial charge in [-0.15, -0.1) is 11.6 Å². The van der Waals surface area contributed by atoms with Crippen molar-refractivity contribution in [3.8, 4) is 5.88 Å². The van der Waals surface area contributed by atoms with Crippen molar-refractivity contribution in [1.29, 1.82) is 0 Å². The average Bonchev–Trinajstić information content (AvgIpc) is 2.36.